The lowest BCUT2D eigenvalue weighted by atomic mass is 9.96. The monoisotopic (exact) mass is 346 g/mol. The van der Waals surface area contributed by atoms with Crippen molar-refractivity contribution in [3.8, 4) is 0 Å². The average molecular weight is 346 g/mol. The first-order chi connectivity index (χ1) is 12.1. The van der Waals surface area contributed by atoms with Crippen LogP contribution in [0.4, 0.5) is 0 Å². The maximum Gasteiger partial charge on any atom is 0.223 e. The molecule has 1 aromatic heterocycles. The molecule has 1 N–H and O–H groups in total. The molecule has 0 aliphatic carbocycles. The molecule has 0 aromatic carbocycles. The second kappa shape index (κ2) is 8.38. The summed E-state index contributed by atoms with van der Waals surface area (Å²) < 4.78 is 5.50. The molecule has 0 unspecified atom stereocenters. The van der Waals surface area contributed by atoms with Crippen molar-refractivity contribution in [3.05, 3.63) is 23.8 Å². The predicted octanol–water partition coefficient (Wildman–Crippen LogP) is 1.25. The van der Waals surface area contributed by atoms with Crippen molar-refractivity contribution in [1.82, 2.24) is 20.2 Å². The van der Waals surface area contributed by atoms with Crippen molar-refractivity contribution < 1.29 is 14.3 Å². The lowest BCUT2D eigenvalue weighted by Gasteiger charge is -2.30. The third-order valence-electron chi connectivity index (χ3n) is 5.01. The minimum atomic E-state index is -0.0244. The first kappa shape index (κ1) is 17.8. The van der Waals surface area contributed by atoms with Crippen LogP contribution in [0, 0.1) is 5.92 Å². The highest BCUT2D eigenvalue weighted by Crippen LogP contribution is 2.22. The number of piperidine rings is 1. The Morgan fingerprint density at radius 3 is 2.80 bits per heavy atom. The van der Waals surface area contributed by atoms with E-state index in [0.717, 1.165) is 43.8 Å². The predicted molar refractivity (Wildman–Crippen MR) is 91.7 cm³/mol. The van der Waals surface area contributed by atoms with Gasteiger partial charge in [-0.25, -0.2) is 9.97 Å². The Kier molecular flexibility index (Phi) is 5.96. The maximum atomic E-state index is 12.4. The summed E-state index contributed by atoms with van der Waals surface area (Å²) in [6.07, 6.45) is 5.28. The molecule has 2 aliphatic rings. The van der Waals surface area contributed by atoms with Crippen molar-refractivity contribution in [2.24, 2.45) is 5.92 Å². The normalized spacial score (nSPS) is 21.8. The number of ether oxygens (including phenoxy) is 1. The Balaban J connectivity index is 1.50. The molecule has 7 nitrogen and oxygen atoms in total. The molecule has 2 aliphatic heterocycles. The highest BCUT2D eigenvalue weighted by Gasteiger charge is 2.26. The largest absolute Gasteiger partial charge is 0.381 e. The van der Waals surface area contributed by atoms with Gasteiger partial charge in [0.25, 0.3) is 0 Å². The van der Waals surface area contributed by atoms with E-state index in [1.54, 1.807) is 18.0 Å². The number of likely N-dealkylation sites (tertiary alicyclic amines) is 1. The highest BCUT2D eigenvalue weighted by molar-refractivity contribution is 5.79. The van der Waals surface area contributed by atoms with Crippen molar-refractivity contribution in [2.75, 3.05) is 26.3 Å². The minimum Gasteiger partial charge on any atom is -0.381 e. The Hall–Kier alpha value is -2.02. The zero-order valence-corrected chi connectivity index (χ0v) is 14.7. The second-order valence-corrected chi connectivity index (χ2v) is 6.82. The number of nitrogens with zero attached hydrogens (tertiary/aromatic N) is 3. The molecule has 3 rings (SSSR count). The highest BCUT2D eigenvalue weighted by atomic mass is 16.5. The van der Waals surface area contributed by atoms with E-state index in [1.165, 1.54) is 0 Å². The smallest absolute Gasteiger partial charge is 0.223 e. The number of nitrogens with one attached hydrogen (secondary N) is 1. The van der Waals surface area contributed by atoms with E-state index in [1.807, 2.05) is 6.07 Å². The fourth-order valence-electron chi connectivity index (χ4n) is 3.43. The number of carbonyl (C=O) groups excluding carboxylic acids is 2. The molecule has 2 fully saturated rings. The van der Waals surface area contributed by atoms with Gasteiger partial charge in [0, 0.05) is 44.7 Å². The van der Waals surface area contributed by atoms with E-state index in [0.29, 0.717) is 26.2 Å². The minimum absolute atomic E-state index is 0.0244. The van der Waals surface area contributed by atoms with Gasteiger partial charge in [-0.2, -0.15) is 0 Å². The lowest BCUT2D eigenvalue weighted by molar-refractivity contribution is -0.134. The Labute approximate surface area is 148 Å². The molecule has 2 saturated heterocycles. The van der Waals surface area contributed by atoms with Gasteiger partial charge in [-0.05, 0) is 31.7 Å². The van der Waals surface area contributed by atoms with Crippen LogP contribution >= 0.6 is 0 Å². The van der Waals surface area contributed by atoms with Crippen molar-refractivity contribution >= 4 is 11.8 Å². The Bertz CT molecular complexity index is 608. The SMILES string of the molecule is CC(=O)N1CCC(C(=O)NCc2ccnc([C@@H]3CCCOC3)n2)CC1. The van der Waals surface area contributed by atoms with E-state index in [4.69, 9.17) is 4.74 Å². The fraction of sp³-hybridized carbons (Fsp3) is 0.667. The first-order valence-corrected chi connectivity index (χ1v) is 9.06. The Morgan fingerprint density at radius 1 is 1.32 bits per heavy atom. The van der Waals surface area contributed by atoms with Gasteiger partial charge >= 0.3 is 0 Å². The molecule has 0 radical (unpaired) electrons. The van der Waals surface area contributed by atoms with Crippen LogP contribution in [0.3, 0.4) is 0 Å². The second-order valence-electron chi connectivity index (χ2n) is 6.82. The summed E-state index contributed by atoms with van der Waals surface area (Å²) in [5.41, 5.74) is 0.824. The summed E-state index contributed by atoms with van der Waals surface area (Å²) in [6.45, 7) is 4.79. The van der Waals surface area contributed by atoms with Crippen LogP contribution in [0.25, 0.3) is 0 Å². The van der Waals surface area contributed by atoms with Gasteiger partial charge in [0.2, 0.25) is 11.8 Å². The molecular weight excluding hydrogens is 320 g/mol. The molecule has 3 heterocycles. The van der Waals surface area contributed by atoms with Crippen LogP contribution in [0.15, 0.2) is 12.3 Å². The van der Waals surface area contributed by atoms with E-state index in [-0.39, 0.29) is 23.7 Å². The van der Waals surface area contributed by atoms with Crippen LogP contribution in [-0.4, -0.2) is 53.0 Å². The van der Waals surface area contributed by atoms with Crippen LogP contribution in [0.2, 0.25) is 0 Å². The average Bonchev–Trinajstić information content (AvgIpc) is 2.67. The summed E-state index contributed by atoms with van der Waals surface area (Å²) in [5.74, 6) is 1.16. The molecule has 7 heteroatoms. The summed E-state index contributed by atoms with van der Waals surface area (Å²) in [6, 6.07) is 1.84. The van der Waals surface area contributed by atoms with Gasteiger partial charge in [0.15, 0.2) is 0 Å². The van der Waals surface area contributed by atoms with Crippen LogP contribution in [0.1, 0.15) is 50.0 Å². The number of amides is 2. The zero-order valence-electron chi connectivity index (χ0n) is 14.7. The molecule has 0 bridgehead atoms. The summed E-state index contributed by atoms with van der Waals surface area (Å²) >= 11 is 0. The van der Waals surface area contributed by atoms with E-state index in [9.17, 15) is 9.59 Å². The van der Waals surface area contributed by atoms with Gasteiger partial charge in [-0.1, -0.05) is 0 Å². The molecule has 1 aromatic rings. The van der Waals surface area contributed by atoms with Crippen LogP contribution in [-0.2, 0) is 20.9 Å². The van der Waals surface area contributed by atoms with Gasteiger partial charge < -0.3 is 15.0 Å². The van der Waals surface area contributed by atoms with Crippen molar-refractivity contribution in [3.63, 3.8) is 0 Å². The third-order valence-corrected chi connectivity index (χ3v) is 5.01. The fourth-order valence-corrected chi connectivity index (χ4v) is 3.43. The van der Waals surface area contributed by atoms with E-state index < -0.39 is 0 Å². The molecule has 0 saturated carbocycles. The first-order valence-electron chi connectivity index (χ1n) is 9.06. The standard InChI is InChI=1S/C18H26N4O3/c1-13(23)22-8-5-14(6-9-22)18(24)20-11-16-4-7-19-17(21-16)15-3-2-10-25-12-15/h4,7,14-15H,2-3,5-6,8-12H2,1H3,(H,20,24)/t15-/m1/s1. The van der Waals surface area contributed by atoms with E-state index >= 15 is 0 Å². The van der Waals surface area contributed by atoms with E-state index in [2.05, 4.69) is 15.3 Å². The van der Waals surface area contributed by atoms with Crippen molar-refractivity contribution in [2.45, 2.75) is 45.1 Å². The number of aromatic nitrogens is 2. The topological polar surface area (TPSA) is 84.4 Å². The summed E-state index contributed by atoms with van der Waals surface area (Å²) in [7, 11) is 0. The molecule has 25 heavy (non-hydrogen) atoms. The molecule has 136 valence electrons. The number of hydrogen-bond acceptors (Lipinski definition) is 5. The summed E-state index contributed by atoms with van der Waals surface area (Å²) in [5, 5.41) is 2.98. The molecular formula is C18H26N4O3. The number of carbonyl (C=O) groups is 2. The van der Waals surface area contributed by atoms with Gasteiger partial charge in [-0.15, -0.1) is 0 Å². The van der Waals surface area contributed by atoms with Crippen molar-refractivity contribution in [1.29, 1.82) is 0 Å². The third kappa shape index (κ3) is 4.75. The number of rotatable bonds is 4. The quantitative estimate of drug-likeness (QED) is 0.887. The van der Waals surface area contributed by atoms with Gasteiger partial charge in [0.05, 0.1) is 18.8 Å². The summed E-state index contributed by atoms with van der Waals surface area (Å²) in [4.78, 5) is 34.5. The zero-order chi connectivity index (χ0) is 17.6. The molecule has 0 spiro atoms. The van der Waals surface area contributed by atoms with Gasteiger partial charge in [-0.3, -0.25) is 9.59 Å². The van der Waals surface area contributed by atoms with Gasteiger partial charge in [0.1, 0.15) is 5.82 Å². The lowest BCUT2D eigenvalue weighted by Crippen LogP contribution is -2.42. The molecule has 2 amide bonds. The van der Waals surface area contributed by atoms with Crippen LogP contribution < -0.4 is 5.32 Å². The number of hydrogen-bond donors (Lipinski definition) is 1. The maximum absolute atomic E-state index is 12.4. The molecule has 1 atom stereocenters. The van der Waals surface area contributed by atoms with Crippen LogP contribution in [0.5, 0.6) is 0 Å². The Morgan fingerprint density at radius 2 is 2.12 bits per heavy atom.